The van der Waals surface area contributed by atoms with E-state index in [-0.39, 0.29) is 25.9 Å². The molecule has 1 aliphatic rings. The largest absolute Gasteiger partial charge is 0.479 e. The number of aliphatic hydroxyl groups excluding tert-OH is 2. The van der Waals surface area contributed by atoms with Gasteiger partial charge in [-0.05, 0) is 77.0 Å². The first-order valence-electron chi connectivity index (χ1n) is 25.3. The maximum absolute atomic E-state index is 13.0. The Morgan fingerprint density at radius 3 is 1.55 bits per heavy atom. The van der Waals surface area contributed by atoms with E-state index in [2.05, 4.69) is 81.5 Å². The van der Waals surface area contributed by atoms with Crippen molar-refractivity contribution in [1.82, 2.24) is 0 Å². The molecule has 6 unspecified atom stereocenters. The molecule has 0 aromatic heterocycles. The van der Waals surface area contributed by atoms with Crippen molar-refractivity contribution in [3.05, 3.63) is 60.8 Å². The van der Waals surface area contributed by atoms with Crippen LogP contribution in [0.3, 0.4) is 0 Å². The summed E-state index contributed by atoms with van der Waals surface area (Å²) in [4.78, 5) is 50.7. The third-order valence-electron chi connectivity index (χ3n) is 11.1. The summed E-state index contributed by atoms with van der Waals surface area (Å²) in [7, 11) is 0. The predicted molar refractivity (Wildman–Crippen MR) is 257 cm³/mol. The van der Waals surface area contributed by atoms with Gasteiger partial charge in [0.15, 0.2) is 24.6 Å². The SMILES string of the molecule is CC/C=C\C/C=C\C/C=C\CCCCCC(=O)OC1C(OCC(COC(=O)CCCCCCC/C=C\C/C=C\CCC)OC(=O)CCCCCCCCCCC)OC(C(=O)O)C(O)C1O. The first-order chi connectivity index (χ1) is 31.6. The number of carbonyl (C=O) groups is 4. The summed E-state index contributed by atoms with van der Waals surface area (Å²) < 4.78 is 28.2. The predicted octanol–water partition coefficient (Wildman–Crippen LogP) is 11.7. The van der Waals surface area contributed by atoms with Crippen LogP contribution in [0.4, 0.5) is 0 Å². The average Bonchev–Trinajstić information content (AvgIpc) is 3.29. The van der Waals surface area contributed by atoms with Crippen LogP contribution in [-0.4, -0.2) is 89.2 Å². The number of carboxylic acids is 1. The molecule has 1 heterocycles. The highest BCUT2D eigenvalue weighted by Crippen LogP contribution is 2.26. The number of rotatable bonds is 41. The Morgan fingerprint density at radius 2 is 1.00 bits per heavy atom. The highest BCUT2D eigenvalue weighted by atomic mass is 16.7. The number of carbonyl (C=O) groups excluding carboxylic acids is 3. The molecule has 1 rings (SSSR count). The maximum Gasteiger partial charge on any atom is 0.335 e. The van der Waals surface area contributed by atoms with Crippen molar-refractivity contribution >= 4 is 23.9 Å². The van der Waals surface area contributed by atoms with Crippen LogP contribution < -0.4 is 0 Å². The van der Waals surface area contributed by atoms with Gasteiger partial charge in [0.25, 0.3) is 0 Å². The van der Waals surface area contributed by atoms with Gasteiger partial charge < -0.3 is 39.0 Å². The number of aliphatic carboxylic acids is 1. The van der Waals surface area contributed by atoms with Gasteiger partial charge in [-0.25, -0.2) is 4.79 Å². The molecule has 12 nitrogen and oxygen atoms in total. The number of ether oxygens (including phenoxy) is 5. The topological polar surface area (TPSA) is 175 Å². The van der Waals surface area contributed by atoms with E-state index < -0.39 is 67.3 Å². The van der Waals surface area contributed by atoms with Crippen molar-refractivity contribution in [1.29, 1.82) is 0 Å². The zero-order valence-corrected chi connectivity index (χ0v) is 40.5. The fourth-order valence-corrected chi connectivity index (χ4v) is 7.18. The molecule has 372 valence electrons. The molecule has 12 heteroatoms. The molecular weight excluding hydrogens is 829 g/mol. The second kappa shape index (κ2) is 41.8. The second-order valence-corrected chi connectivity index (χ2v) is 17.1. The number of aliphatic hydroxyl groups is 2. The monoisotopic (exact) mass is 917 g/mol. The molecule has 0 amide bonds. The van der Waals surface area contributed by atoms with Gasteiger partial charge in [0.05, 0.1) is 6.61 Å². The molecule has 0 spiro atoms. The molecule has 0 aromatic rings. The summed E-state index contributed by atoms with van der Waals surface area (Å²) in [6, 6.07) is 0. The molecule has 1 fully saturated rings. The minimum absolute atomic E-state index is 0.0236. The number of hydrogen-bond donors (Lipinski definition) is 3. The Morgan fingerprint density at radius 1 is 0.523 bits per heavy atom. The fraction of sp³-hybridized carbons (Fsp3) is 0.736. The van der Waals surface area contributed by atoms with E-state index in [1.54, 1.807) is 0 Å². The molecule has 3 N–H and O–H groups in total. The van der Waals surface area contributed by atoms with E-state index in [1.165, 1.54) is 32.1 Å². The Balaban J connectivity index is 2.76. The summed E-state index contributed by atoms with van der Waals surface area (Å²) in [5.41, 5.74) is 0. The van der Waals surface area contributed by atoms with Crippen LogP contribution in [0.2, 0.25) is 0 Å². The highest BCUT2D eigenvalue weighted by Gasteiger charge is 2.50. The molecule has 0 saturated carbocycles. The second-order valence-electron chi connectivity index (χ2n) is 17.1. The average molecular weight is 917 g/mol. The van der Waals surface area contributed by atoms with Gasteiger partial charge in [0.1, 0.15) is 18.8 Å². The molecule has 1 aliphatic heterocycles. The minimum Gasteiger partial charge on any atom is -0.479 e. The Labute approximate surface area is 392 Å². The third kappa shape index (κ3) is 32.7. The van der Waals surface area contributed by atoms with Gasteiger partial charge in [0.2, 0.25) is 0 Å². The lowest BCUT2D eigenvalue weighted by Gasteiger charge is -2.40. The molecule has 65 heavy (non-hydrogen) atoms. The van der Waals surface area contributed by atoms with Crippen LogP contribution in [0.5, 0.6) is 0 Å². The molecule has 1 saturated heterocycles. The molecular formula is C53H88O12. The van der Waals surface area contributed by atoms with Gasteiger partial charge in [-0.15, -0.1) is 0 Å². The lowest BCUT2D eigenvalue weighted by Crippen LogP contribution is -2.61. The normalized spacial score (nSPS) is 19.6. The first kappa shape index (κ1) is 59.4. The highest BCUT2D eigenvalue weighted by molar-refractivity contribution is 5.74. The van der Waals surface area contributed by atoms with Crippen LogP contribution in [0.15, 0.2) is 60.8 Å². The van der Waals surface area contributed by atoms with Crippen molar-refractivity contribution in [2.75, 3.05) is 13.2 Å². The van der Waals surface area contributed by atoms with Crippen LogP contribution in [0.25, 0.3) is 0 Å². The van der Waals surface area contributed by atoms with E-state index in [1.807, 2.05) is 0 Å². The molecule has 0 bridgehead atoms. The van der Waals surface area contributed by atoms with E-state index >= 15 is 0 Å². The molecule has 0 radical (unpaired) electrons. The zero-order chi connectivity index (χ0) is 47.6. The van der Waals surface area contributed by atoms with Crippen LogP contribution in [-0.2, 0) is 42.9 Å². The number of unbranched alkanes of at least 4 members (excludes halogenated alkanes) is 17. The number of esters is 3. The Bertz CT molecular complexity index is 1370. The summed E-state index contributed by atoms with van der Waals surface area (Å²) in [6.07, 6.45) is 36.6. The first-order valence-corrected chi connectivity index (χ1v) is 25.3. The standard InChI is InChI=1S/C53H88O12/c1-4-7-10-13-16-19-21-23-25-28-30-33-36-39-45(54)61-42-44(63-46(55)40-37-34-31-27-18-15-12-9-6-3)43-62-53-51(49(58)48(57)50(65-53)52(59)60)64-47(56)41-38-35-32-29-26-24-22-20-17-14-11-8-5-2/h8,10-11,13,17,19-21,24,26,44,48-51,53,57-58H,4-7,9,12,14-16,18,22-23,25,27-43H2,1-3H3,(H,59,60)/b11-8-,13-10-,20-17-,21-19-,26-24-. The number of carboxylic acid groups (broad SMARTS) is 1. The summed E-state index contributed by atoms with van der Waals surface area (Å²) >= 11 is 0. The summed E-state index contributed by atoms with van der Waals surface area (Å²) in [6.45, 7) is 5.72. The van der Waals surface area contributed by atoms with Crippen molar-refractivity contribution in [2.45, 2.75) is 237 Å². The molecule has 0 aliphatic carbocycles. The molecule has 6 atom stereocenters. The van der Waals surface area contributed by atoms with Gasteiger partial charge in [-0.2, -0.15) is 0 Å². The van der Waals surface area contributed by atoms with Gasteiger partial charge in [0, 0.05) is 19.3 Å². The van der Waals surface area contributed by atoms with Crippen LogP contribution in [0, 0.1) is 0 Å². The minimum atomic E-state index is -1.91. The number of hydrogen-bond acceptors (Lipinski definition) is 11. The quantitative estimate of drug-likeness (QED) is 0.0229. The molecule has 0 aromatic carbocycles. The van der Waals surface area contributed by atoms with Crippen molar-refractivity contribution in [3.63, 3.8) is 0 Å². The van der Waals surface area contributed by atoms with Crippen molar-refractivity contribution in [2.24, 2.45) is 0 Å². The fourth-order valence-electron chi connectivity index (χ4n) is 7.18. The smallest absolute Gasteiger partial charge is 0.335 e. The Kier molecular flexibility index (Phi) is 38.2. The van der Waals surface area contributed by atoms with Gasteiger partial charge >= 0.3 is 23.9 Å². The van der Waals surface area contributed by atoms with E-state index in [4.69, 9.17) is 23.7 Å². The van der Waals surface area contributed by atoms with E-state index in [9.17, 15) is 34.5 Å². The van der Waals surface area contributed by atoms with Crippen LogP contribution >= 0.6 is 0 Å². The zero-order valence-electron chi connectivity index (χ0n) is 40.5. The van der Waals surface area contributed by atoms with Gasteiger partial charge in [-0.3, -0.25) is 14.4 Å². The summed E-state index contributed by atoms with van der Waals surface area (Å²) in [5.74, 6) is -3.18. The van der Waals surface area contributed by atoms with Crippen LogP contribution in [0.1, 0.15) is 201 Å². The van der Waals surface area contributed by atoms with Crippen molar-refractivity contribution < 1.29 is 58.2 Å². The van der Waals surface area contributed by atoms with Gasteiger partial charge in [-0.1, -0.05) is 165 Å². The lowest BCUT2D eigenvalue weighted by molar-refractivity contribution is -0.301. The van der Waals surface area contributed by atoms with E-state index in [0.717, 1.165) is 109 Å². The number of allylic oxidation sites excluding steroid dienone is 10. The Hall–Kier alpha value is -3.58. The van der Waals surface area contributed by atoms with E-state index in [0.29, 0.717) is 19.3 Å². The third-order valence-corrected chi connectivity index (χ3v) is 11.1. The maximum atomic E-state index is 13.0. The summed E-state index contributed by atoms with van der Waals surface area (Å²) in [5, 5.41) is 31.2. The van der Waals surface area contributed by atoms with Crippen molar-refractivity contribution in [3.8, 4) is 0 Å². The lowest BCUT2D eigenvalue weighted by atomic mass is 9.98.